The molecule has 1 fully saturated rings. The second-order valence-corrected chi connectivity index (χ2v) is 6.43. The van der Waals surface area contributed by atoms with Gasteiger partial charge in [0.15, 0.2) is 5.82 Å². The number of carbonyl (C=O) groups excluding carboxylic acids is 1. The lowest BCUT2D eigenvalue weighted by atomic mass is 10.1. The third-order valence-electron chi connectivity index (χ3n) is 3.49. The number of piperidine rings is 1. The third kappa shape index (κ3) is 3.83. The Labute approximate surface area is 136 Å². The Morgan fingerprint density at radius 2 is 2.35 bits per heavy atom. The fourth-order valence-corrected chi connectivity index (χ4v) is 3.11. The highest BCUT2D eigenvalue weighted by Gasteiger charge is 2.24. The van der Waals surface area contributed by atoms with Crippen molar-refractivity contribution in [3.8, 4) is 0 Å². The molecule has 2 amide bonds. The van der Waals surface area contributed by atoms with Gasteiger partial charge in [-0.2, -0.15) is 0 Å². The maximum Gasteiger partial charge on any atom is 0.321 e. The van der Waals surface area contributed by atoms with Crippen LogP contribution in [-0.4, -0.2) is 45.3 Å². The molecule has 0 radical (unpaired) electrons. The number of carbonyl (C=O) groups is 1. The molecule has 0 bridgehead atoms. The first kappa shape index (κ1) is 15.4. The SMILES string of the molecule is Cc1nnc(NC(=O)N[C@H]2CCCN(c3ncc[nH]c3=O)C2)s1. The van der Waals surface area contributed by atoms with Gasteiger partial charge < -0.3 is 15.2 Å². The lowest BCUT2D eigenvalue weighted by Crippen LogP contribution is -2.50. The van der Waals surface area contributed by atoms with Crippen molar-refractivity contribution in [1.82, 2.24) is 25.5 Å². The maximum atomic E-state index is 12.0. The summed E-state index contributed by atoms with van der Waals surface area (Å²) in [5.41, 5.74) is -0.220. The van der Waals surface area contributed by atoms with Crippen LogP contribution in [0.1, 0.15) is 17.8 Å². The second kappa shape index (κ2) is 6.73. The molecular weight excluding hydrogens is 318 g/mol. The molecule has 2 aromatic heterocycles. The van der Waals surface area contributed by atoms with Gasteiger partial charge in [0, 0.05) is 31.5 Å². The van der Waals surface area contributed by atoms with Crippen LogP contribution in [-0.2, 0) is 0 Å². The van der Waals surface area contributed by atoms with Crippen molar-refractivity contribution in [3.05, 3.63) is 27.8 Å². The first-order valence-corrected chi connectivity index (χ1v) is 8.10. The number of aromatic amines is 1. The van der Waals surface area contributed by atoms with Gasteiger partial charge in [-0.25, -0.2) is 9.78 Å². The van der Waals surface area contributed by atoms with Crippen molar-refractivity contribution >= 4 is 28.3 Å². The van der Waals surface area contributed by atoms with Crippen LogP contribution in [0.4, 0.5) is 15.7 Å². The molecule has 0 aliphatic carbocycles. The number of rotatable bonds is 3. The molecule has 1 aliphatic rings. The number of H-pyrrole nitrogens is 1. The summed E-state index contributed by atoms with van der Waals surface area (Å²) in [6.45, 7) is 3.11. The lowest BCUT2D eigenvalue weighted by molar-refractivity contribution is 0.246. The minimum absolute atomic E-state index is 0.0563. The summed E-state index contributed by atoms with van der Waals surface area (Å²) in [5, 5.41) is 14.5. The van der Waals surface area contributed by atoms with Crippen LogP contribution in [0, 0.1) is 6.92 Å². The summed E-state index contributed by atoms with van der Waals surface area (Å²) in [6.07, 6.45) is 4.78. The number of nitrogens with zero attached hydrogens (tertiary/aromatic N) is 4. The van der Waals surface area contributed by atoms with Gasteiger partial charge in [-0.15, -0.1) is 10.2 Å². The van der Waals surface area contributed by atoms with E-state index in [9.17, 15) is 9.59 Å². The topological polar surface area (TPSA) is 116 Å². The van der Waals surface area contributed by atoms with Crippen LogP contribution in [0.25, 0.3) is 0 Å². The molecule has 2 aromatic rings. The molecule has 0 aromatic carbocycles. The van der Waals surface area contributed by atoms with E-state index in [1.165, 1.54) is 17.5 Å². The lowest BCUT2D eigenvalue weighted by Gasteiger charge is -2.33. The Hall–Kier alpha value is -2.49. The maximum absolute atomic E-state index is 12.0. The van der Waals surface area contributed by atoms with Crippen LogP contribution in [0.15, 0.2) is 17.2 Å². The zero-order valence-corrected chi connectivity index (χ0v) is 13.4. The van der Waals surface area contributed by atoms with E-state index < -0.39 is 0 Å². The van der Waals surface area contributed by atoms with Crippen LogP contribution in [0.3, 0.4) is 0 Å². The van der Waals surface area contributed by atoms with Gasteiger partial charge in [-0.1, -0.05) is 11.3 Å². The summed E-state index contributed by atoms with van der Waals surface area (Å²) in [5.74, 6) is 0.388. The number of aryl methyl sites for hydroxylation is 1. The zero-order valence-electron chi connectivity index (χ0n) is 12.6. The number of urea groups is 1. The van der Waals surface area contributed by atoms with E-state index in [4.69, 9.17) is 0 Å². The predicted octanol–water partition coefficient (Wildman–Crippen LogP) is 0.720. The van der Waals surface area contributed by atoms with Crippen molar-refractivity contribution in [2.45, 2.75) is 25.8 Å². The van der Waals surface area contributed by atoms with Gasteiger partial charge in [0.1, 0.15) is 5.01 Å². The molecule has 1 saturated heterocycles. The van der Waals surface area contributed by atoms with Crippen LogP contribution in [0.2, 0.25) is 0 Å². The summed E-state index contributed by atoms with van der Waals surface area (Å²) >= 11 is 1.32. The molecular formula is C13H17N7O2S. The zero-order chi connectivity index (χ0) is 16.2. The number of aromatic nitrogens is 4. The Morgan fingerprint density at radius 3 is 3.09 bits per heavy atom. The number of anilines is 2. The molecule has 9 nitrogen and oxygen atoms in total. The molecule has 3 rings (SSSR count). The molecule has 1 aliphatic heterocycles. The molecule has 0 unspecified atom stereocenters. The average molecular weight is 335 g/mol. The second-order valence-electron chi connectivity index (χ2n) is 5.25. The van der Waals surface area contributed by atoms with Crippen molar-refractivity contribution in [2.75, 3.05) is 23.3 Å². The van der Waals surface area contributed by atoms with Gasteiger partial charge >= 0.3 is 6.03 Å². The Morgan fingerprint density at radius 1 is 1.48 bits per heavy atom. The first-order valence-electron chi connectivity index (χ1n) is 7.28. The summed E-state index contributed by atoms with van der Waals surface area (Å²) in [4.78, 5) is 32.5. The van der Waals surface area contributed by atoms with Gasteiger partial charge in [0.05, 0.1) is 0 Å². The van der Waals surface area contributed by atoms with E-state index in [0.717, 1.165) is 24.4 Å². The Balaban J connectivity index is 1.59. The number of hydrogen-bond acceptors (Lipinski definition) is 7. The van der Waals surface area contributed by atoms with E-state index in [-0.39, 0.29) is 17.6 Å². The summed E-state index contributed by atoms with van der Waals surface area (Å²) in [6, 6.07) is -0.373. The van der Waals surface area contributed by atoms with Crippen molar-refractivity contribution in [3.63, 3.8) is 0 Å². The average Bonchev–Trinajstić information content (AvgIpc) is 2.93. The highest BCUT2D eigenvalue weighted by Crippen LogP contribution is 2.16. The van der Waals surface area contributed by atoms with E-state index in [1.54, 1.807) is 6.20 Å². The quantitative estimate of drug-likeness (QED) is 0.761. The minimum atomic E-state index is -0.317. The fourth-order valence-electron chi connectivity index (χ4n) is 2.52. The number of nitrogens with one attached hydrogen (secondary N) is 3. The molecule has 122 valence electrons. The molecule has 0 saturated carbocycles. The predicted molar refractivity (Wildman–Crippen MR) is 86.9 cm³/mol. The largest absolute Gasteiger partial charge is 0.350 e. The van der Waals surface area contributed by atoms with Gasteiger partial charge in [0.25, 0.3) is 5.56 Å². The monoisotopic (exact) mass is 335 g/mol. The normalized spacial score (nSPS) is 17.8. The summed E-state index contributed by atoms with van der Waals surface area (Å²) < 4.78 is 0. The van der Waals surface area contributed by atoms with E-state index in [2.05, 4.69) is 30.8 Å². The Bertz CT molecular complexity index is 744. The number of hydrogen-bond donors (Lipinski definition) is 3. The highest BCUT2D eigenvalue weighted by atomic mass is 32.1. The molecule has 1 atom stereocenters. The van der Waals surface area contributed by atoms with Gasteiger partial charge in [0.2, 0.25) is 5.13 Å². The fraction of sp³-hybridized carbons (Fsp3) is 0.462. The molecule has 10 heteroatoms. The first-order chi connectivity index (χ1) is 11.1. The Kier molecular flexibility index (Phi) is 4.51. The van der Waals surface area contributed by atoms with Crippen LogP contribution >= 0.6 is 11.3 Å². The van der Waals surface area contributed by atoms with Crippen LogP contribution in [0.5, 0.6) is 0 Å². The standard InChI is InChI=1S/C13H17N7O2S/c1-8-18-19-13(23-8)17-12(22)16-9-3-2-6-20(7-9)10-11(21)15-5-4-14-10/h4-5,9H,2-3,6-7H2,1H3,(H,15,21)(H2,16,17,19,22)/t9-/m0/s1. The van der Waals surface area contributed by atoms with Crippen molar-refractivity contribution in [1.29, 1.82) is 0 Å². The third-order valence-corrected chi connectivity index (χ3v) is 4.25. The van der Waals surface area contributed by atoms with Crippen molar-refractivity contribution in [2.24, 2.45) is 0 Å². The van der Waals surface area contributed by atoms with Gasteiger partial charge in [-0.05, 0) is 19.8 Å². The van der Waals surface area contributed by atoms with Crippen LogP contribution < -0.4 is 21.1 Å². The minimum Gasteiger partial charge on any atom is -0.350 e. The highest BCUT2D eigenvalue weighted by molar-refractivity contribution is 7.15. The van der Waals surface area contributed by atoms with Crippen molar-refractivity contribution < 1.29 is 4.79 Å². The summed E-state index contributed by atoms with van der Waals surface area (Å²) in [7, 11) is 0. The smallest absolute Gasteiger partial charge is 0.321 e. The van der Waals surface area contributed by atoms with E-state index in [0.29, 0.717) is 17.5 Å². The molecule has 23 heavy (non-hydrogen) atoms. The van der Waals surface area contributed by atoms with Gasteiger partial charge in [-0.3, -0.25) is 10.1 Å². The molecule has 0 spiro atoms. The molecule has 3 N–H and O–H groups in total. The number of amides is 2. The van der Waals surface area contributed by atoms with E-state index >= 15 is 0 Å². The molecule has 3 heterocycles. The van der Waals surface area contributed by atoms with E-state index in [1.807, 2.05) is 11.8 Å².